The number of rotatable bonds is 7. The summed E-state index contributed by atoms with van der Waals surface area (Å²) >= 11 is 0. The lowest BCUT2D eigenvalue weighted by molar-refractivity contribution is -0.121. The lowest BCUT2D eigenvalue weighted by atomic mass is 9.99. The van der Waals surface area contributed by atoms with Crippen LogP contribution in [0, 0.1) is 5.92 Å². The molecule has 4 heteroatoms. The number of primary amides is 1. The Morgan fingerprint density at radius 2 is 1.67 bits per heavy atom. The summed E-state index contributed by atoms with van der Waals surface area (Å²) < 4.78 is 5.71. The highest BCUT2D eigenvalue weighted by molar-refractivity contribution is 5.77. The van der Waals surface area contributed by atoms with Crippen LogP contribution in [0.1, 0.15) is 11.1 Å². The summed E-state index contributed by atoms with van der Waals surface area (Å²) in [4.78, 5) is 11.2. The van der Waals surface area contributed by atoms with Gasteiger partial charge in [0.1, 0.15) is 12.4 Å². The molecule has 0 fully saturated rings. The Kier molecular flexibility index (Phi) is 5.35. The van der Waals surface area contributed by atoms with Gasteiger partial charge in [0, 0.05) is 6.54 Å². The summed E-state index contributed by atoms with van der Waals surface area (Å²) in [7, 11) is 0. The van der Waals surface area contributed by atoms with Gasteiger partial charge in [0.25, 0.3) is 0 Å². The zero-order valence-electron chi connectivity index (χ0n) is 11.9. The fourth-order valence-corrected chi connectivity index (χ4v) is 2.05. The van der Waals surface area contributed by atoms with E-state index < -0.39 is 0 Å². The second-order valence-corrected chi connectivity index (χ2v) is 4.96. The molecule has 0 aliphatic heterocycles. The van der Waals surface area contributed by atoms with Crippen molar-refractivity contribution < 1.29 is 9.53 Å². The highest BCUT2D eigenvalue weighted by Gasteiger charge is 2.13. The van der Waals surface area contributed by atoms with Crippen LogP contribution in [0.5, 0.6) is 5.75 Å². The van der Waals surface area contributed by atoms with Gasteiger partial charge < -0.3 is 16.2 Å². The SMILES string of the molecule is NCC(Cc1ccc(OCc2ccccc2)cc1)C(N)=O. The zero-order valence-corrected chi connectivity index (χ0v) is 11.9. The van der Waals surface area contributed by atoms with Gasteiger partial charge in [0.15, 0.2) is 0 Å². The van der Waals surface area contributed by atoms with Crippen molar-refractivity contribution in [3.05, 3.63) is 65.7 Å². The van der Waals surface area contributed by atoms with E-state index in [2.05, 4.69) is 0 Å². The van der Waals surface area contributed by atoms with Crippen LogP contribution in [-0.2, 0) is 17.8 Å². The molecule has 0 aromatic heterocycles. The maximum atomic E-state index is 11.2. The van der Waals surface area contributed by atoms with E-state index in [9.17, 15) is 4.79 Å². The number of hydrogen-bond acceptors (Lipinski definition) is 3. The molecule has 1 amide bonds. The monoisotopic (exact) mass is 284 g/mol. The van der Waals surface area contributed by atoms with Crippen molar-refractivity contribution >= 4 is 5.91 Å². The van der Waals surface area contributed by atoms with Crippen molar-refractivity contribution in [1.29, 1.82) is 0 Å². The smallest absolute Gasteiger partial charge is 0.222 e. The number of carbonyl (C=O) groups is 1. The third-order valence-electron chi connectivity index (χ3n) is 3.34. The molecule has 4 N–H and O–H groups in total. The van der Waals surface area contributed by atoms with E-state index in [-0.39, 0.29) is 18.4 Å². The summed E-state index contributed by atoms with van der Waals surface area (Å²) in [5.74, 6) is 0.119. The first-order valence-corrected chi connectivity index (χ1v) is 6.94. The van der Waals surface area contributed by atoms with Crippen molar-refractivity contribution in [3.8, 4) is 5.75 Å². The lowest BCUT2D eigenvalue weighted by Crippen LogP contribution is -2.31. The van der Waals surface area contributed by atoms with Crippen LogP contribution in [0.15, 0.2) is 54.6 Å². The summed E-state index contributed by atoms with van der Waals surface area (Å²) in [6, 6.07) is 17.7. The molecular formula is C17H20N2O2. The minimum atomic E-state index is -0.359. The molecule has 0 saturated carbocycles. The maximum Gasteiger partial charge on any atom is 0.222 e. The molecule has 0 aliphatic rings. The average Bonchev–Trinajstić information content (AvgIpc) is 2.52. The molecule has 0 bridgehead atoms. The molecule has 0 aliphatic carbocycles. The van der Waals surface area contributed by atoms with Crippen LogP contribution in [0.4, 0.5) is 0 Å². The van der Waals surface area contributed by atoms with Gasteiger partial charge in [-0.3, -0.25) is 4.79 Å². The summed E-state index contributed by atoms with van der Waals surface area (Å²) in [5, 5.41) is 0. The minimum absolute atomic E-state index is 0.265. The van der Waals surface area contributed by atoms with Crippen LogP contribution in [-0.4, -0.2) is 12.5 Å². The molecule has 2 aromatic carbocycles. The van der Waals surface area contributed by atoms with E-state index in [1.807, 2.05) is 54.6 Å². The van der Waals surface area contributed by atoms with Crippen molar-refractivity contribution in [3.63, 3.8) is 0 Å². The maximum absolute atomic E-state index is 11.2. The van der Waals surface area contributed by atoms with E-state index in [0.717, 1.165) is 16.9 Å². The van der Waals surface area contributed by atoms with Gasteiger partial charge in [-0.15, -0.1) is 0 Å². The number of amides is 1. The Hall–Kier alpha value is -2.33. The molecule has 21 heavy (non-hydrogen) atoms. The van der Waals surface area contributed by atoms with Crippen LogP contribution in [0.25, 0.3) is 0 Å². The summed E-state index contributed by atoms with van der Waals surface area (Å²) in [6.45, 7) is 0.800. The Balaban J connectivity index is 1.91. The lowest BCUT2D eigenvalue weighted by Gasteiger charge is -2.11. The predicted octanol–water partition coefficient (Wildman–Crippen LogP) is 1.87. The van der Waals surface area contributed by atoms with Crippen LogP contribution in [0.3, 0.4) is 0 Å². The Morgan fingerprint density at radius 3 is 2.24 bits per heavy atom. The van der Waals surface area contributed by atoms with Gasteiger partial charge in [0.05, 0.1) is 5.92 Å². The van der Waals surface area contributed by atoms with Gasteiger partial charge in [-0.25, -0.2) is 0 Å². The normalized spacial score (nSPS) is 11.9. The number of hydrogen-bond donors (Lipinski definition) is 2. The molecule has 0 saturated heterocycles. The van der Waals surface area contributed by atoms with Gasteiger partial charge in [-0.1, -0.05) is 42.5 Å². The van der Waals surface area contributed by atoms with Gasteiger partial charge >= 0.3 is 0 Å². The minimum Gasteiger partial charge on any atom is -0.489 e. The first-order valence-electron chi connectivity index (χ1n) is 6.94. The van der Waals surface area contributed by atoms with E-state index in [1.165, 1.54) is 0 Å². The van der Waals surface area contributed by atoms with E-state index in [1.54, 1.807) is 0 Å². The number of carbonyl (C=O) groups excluding carboxylic acids is 1. The Morgan fingerprint density at radius 1 is 1.00 bits per heavy atom. The van der Waals surface area contributed by atoms with Gasteiger partial charge in [0.2, 0.25) is 5.91 Å². The van der Waals surface area contributed by atoms with Crippen molar-refractivity contribution in [2.24, 2.45) is 17.4 Å². The molecule has 2 rings (SSSR count). The predicted molar refractivity (Wildman–Crippen MR) is 82.7 cm³/mol. The van der Waals surface area contributed by atoms with E-state index in [0.29, 0.717) is 13.0 Å². The second-order valence-electron chi connectivity index (χ2n) is 4.96. The zero-order chi connectivity index (χ0) is 15.1. The van der Waals surface area contributed by atoms with E-state index >= 15 is 0 Å². The Labute approximate surface area is 124 Å². The Bertz CT molecular complexity index is 567. The molecule has 4 nitrogen and oxygen atoms in total. The van der Waals surface area contributed by atoms with Crippen molar-refractivity contribution in [2.45, 2.75) is 13.0 Å². The van der Waals surface area contributed by atoms with E-state index in [4.69, 9.17) is 16.2 Å². The van der Waals surface area contributed by atoms with Gasteiger partial charge in [-0.05, 0) is 29.7 Å². The largest absolute Gasteiger partial charge is 0.489 e. The first-order chi connectivity index (χ1) is 10.2. The fraction of sp³-hybridized carbons (Fsp3) is 0.235. The number of benzene rings is 2. The second kappa shape index (κ2) is 7.45. The quantitative estimate of drug-likeness (QED) is 0.814. The number of ether oxygens (including phenoxy) is 1. The summed E-state index contributed by atoms with van der Waals surface area (Å²) in [5.41, 5.74) is 13.0. The molecule has 1 atom stereocenters. The third-order valence-corrected chi connectivity index (χ3v) is 3.34. The van der Waals surface area contributed by atoms with Crippen LogP contribution in [0.2, 0.25) is 0 Å². The first kappa shape index (κ1) is 15.1. The molecule has 110 valence electrons. The number of nitrogens with two attached hydrogens (primary N) is 2. The summed E-state index contributed by atoms with van der Waals surface area (Å²) in [6.07, 6.45) is 0.560. The van der Waals surface area contributed by atoms with Crippen molar-refractivity contribution in [1.82, 2.24) is 0 Å². The molecule has 0 radical (unpaired) electrons. The fourth-order valence-electron chi connectivity index (χ4n) is 2.05. The third kappa shape index (κ3) is 4.61. The van der Waals surface area contributed by atoms with Crippen LogP contribution >= 0.6 is 0 Å². The highest BCUT2D eigenvalue weighted by Crippen LogP contribution is 2.16. The van der Waals surface area contributed by atoms with Crippen molar-refractivity contribution in [2.75, 3.05) is 6.54 Å². The molecule has 1 unspecified atom stereocenters. The standard InChI is InChI=1S/C17H20N2O2/c18-11-15(17(19)20)10-13-6-8-16(9-7-13)21-12-14-4-2-1-3-5-14/h1-9,15H,10-12,18H2,(H2,19,20). The molecular weight excluding hydrogens is 264 g/mol. The molecule has 2 aromatic rings. The van der Waals surface area contributed by atoms with Crippen LogP contribution < -0.4 is 16.2 Å². The topological polar surface area (TPSA) is 78.3 Å². The molecule has 0 heterocycles. The van der Waals surface area contributed by atoms with Gasteiger partial charge in [-0.2, -0.15) is 0 Å². The molecule has 0 spiro atoms. The highest BCUT2D eigenvalue weighted by atomic mass is 16.5. The average molecular weight is 284 g/mol.